The Hall–Kier alpha value is -2.10. The minimum absolute atomic E-state index is 0.00704. The highest BCUT2D eigenvalue weighted by atomic mass is 19.1. The fourth-order valence-corrected chi connectivity index (χ4v) is 1.45. The van der Waals surface area contributed by atoms with E-state index in [0.29, 0.717) is 11.1 Å². The van der Waals surface area contributed by atoms with E-state index in [4.69, 9.17) is 4.42 Å². The first kappa shape index (κ1) is 10.4. The molecule has 0 fully saturated rings. The van der Waals surface area contributed by atoms with Crippen LogP contribution in [0.25, 0.3) is 11.1 Å². The van der Waals surface area contributed by atoms with Crippen LogP contribution in [0.3, 0.4) is 0 Å². The number of hydrogen-bond acceptors (Lipinski definition) is 3. The second-order valence-corrected chi connectivity index (χ2v) is 3.13. The number of ether oxygens (including phenoxy) is 1. The van der Waals surface area contributed by atoms with E-state index in [1.165, 1.54) is 25.5 Å². The van der Waals surface area contributed by atoms with Crippen molar-refractivity contribution < 1.29 is 18.3 Å². The molecule has 0 spiro atoms. The molecule has 4 heteroatoms. The van der Waals surface area contributed by atoms with Gasteiger partial charge in [-0.3, -0.25) is 0 Å². The predicted molar refractivity (Wildman–Crippen MR) is 55.4 cm³/mol. The summed E-state index contributed by atoms with van der Waals surface area (Å²) in [6, 6.07) is 7.70. The third kappa shape index (κ3) is 1.69. The van der Waals surface area contributed by atoms with Gasteiger partial charge in [0.15, 0.2) is 0 Å². The Bertz CT molecular complexity index is 516. The molecular weight excluding hydrogens is 211 g/mol. The van der Waals surface area contributed by atoms with Crippen molar-refractivity contribution >= 4 is 5.97 Å². The Labute approximate surface area is 91.5 Å². The second-order valence-electron chi connectivity index (χ2n) is 3.13. The molecule has 0 unspecified atom stereocenters. The molecule has 1 heterocycles. The van der Waals surface area contributed by atoms with Gasteiger partial charge in [0.05, 0.1) is 13.4 Å². The highest BCUT2D eigenvalue weighted by Crippen LogP contribution is 2.27. The number of esters is 1. The molecule has 0 amide bonds. The van der Waals surface area contributed by atoms with E-state index < -0.39 is 11.8 Å². The van der Waals surface area contributed by atoms with Gasteiger partial charge in [0.25, 0.3) is 0 Å². The van der Waals surface area contributed by atoms with Crippen LogP contribution in [-0.2, 0) is 4.74 Å². The van der Waals surface area contributed by atoms with Crippen molar-refractivity contribution in [1.82, 2.24) is 0 Å². The quantitative estimate of drug-likeness (QED) is 0.730. The molecule has 0 atom stereocenters. The number of carbonyl (C=O) groups is 1. The van der Waals surface area contributed by atoms with Crippen molar-refractivity contribution in [2.75, 3.05) is 7.11 Å². The van der Waals surface area contributed by atoms with Gasteiger partial charge in [-0.2, -0.15) is 0 Å². The molecule has 1 aromatic heterocycles. The lowest BCUT2D eigenvalue weighted by Gasteiger charge is -2.02. The molecule has 0 saturated carbocycles. The summed E-state index contributed by atoms with van der Waals surface area (Å²) in [5, 5.41) is 0. The average molecular weight is 220 g/mol. The molecular formula is C12H9FO3. The zero-order valence-corrected chi connectivity index (χ0v) is 8.57. The van der Waals surface area contributed by atoms with Gasteiger partial charge in [0.2, 0.25) is 5.76 Å². The number of methoxy groups -OCH3 is 1. The molecule has 0 aliphatic heterocycles. The summed E-state index contributed by atoms with van der Waals surface area (Å²) < 4.78 is 23.0. The van der Waals surface area contributed by atoms with E-state index in [9.17, 15) is 9.18 Å². The summed E-state index contributed by atoms with van der Waals surface area (Å²) in [6.45, 7) is 0. The molecule has 82 valence electrons. The Morgan fingerprint density at radius 1 is 1.25 bits per heavy atom. The summed E-state index contributed by atoms with van der Waals surface area (Å²) in [5.41, 5.74) is 0.710. The zero-order chi connectivity index (χ0) is 11.5. The number of halogens is 1. The molecule has 0 radical (unpaired) electrons. The molecule has 0 aliphatic carbocycles. The van der Waals surface area contributed by atoms with Crippen LogP contribution in [0.2, 0.25) is 0 Å². The van der Waals surface area contributed by atoms with Crippen molar-refractivity contribution in [3.8, 4) is 11.1 Å². The Morgan fingerprint density at radius 2 is 2.00 bits per heavy atom. The largest absolute Gasteiger partial charge is 0.463 e. The van der Waals surface area contributed by atoms with Gasteiger partial charge in [0, 0.05) is 11.1 Å². The first-order valence-corrected chi connectivity index (χ1v) is 4.64. The lowest BCUT2D eigenvalue weighted by Crippen LogP contribution is -2.01. The number of rotatable bonds is 2. The maximum absolute atomic E-state index is 13.5. The zero-order valence-electron chi connectivity index (χ0n) is 8.57. The predicted octanol–water partition coefficient (Wildman–Crippen LogP) is 2.87. The SMILES string of the molecule is COC(=O)c1occc1-c1ccccc1F. The Balaban J connectivity index is 2.53. The van der Waals surface area contributed by atoms with Gasteiger partial charge in [0.1, 0.15) is 5.82 Å². The van der Waals surface area contributed by atoms with Crippen molar-refractivity contribution in [1.29, 1.82) is 0 Å². The summed E-state index contributed by atoms with van der Waals surface area (Å²) in [4.78, 5) is 11.3. The maximum Gasteiger partial charge on any atom is 0.374 e. The number of carbonyl (C=O) groups excluding carboxylic acids is 1. The van der Waals surface area contributed by atoms with E-state index in [-0.39, 0.29) is 5.76 Å². The van der Waals surface area contributed by atoms with Gasteiger partial charge in [-0.25, -0.2) is 9.18 Å². The fourth-order valence-electron chi connectivity index (χ4n) is 1.45. The van der Waals surface area contributed by atoms with Gasteiger partial charge in [-0.15, -0.1) is 0 Å². The van der Waals surface area contributed by atoms with Gasteiger partial charge < -0.3 is 9.15 Å². The van der Waals surface area contributed by atoms with Crippen molar-refractivity contribution in [3.63, 3.8) is 0 Å². The van der Waals surface area contributed by atoms with Crippen LogP contribution in [0.15, 0.2) is 41.0 Å². The summed E-state index contributed by atoms with van der Waals surface area (Å²) in [7, 11) is 1.25. The third-order valence-corrected chi connectivity index (χ3v) is 2.20. The topological polar surface area (TPSA) is 39.4 Å². The van der Waals surface area contributed by atoms with Crippen LogP contribution in [0.1, 0.15) is 10.6 Å². The lowest BCUT2D eigenvalue weighted by molar-refractivity contribution is 0.0566. The van der Waals surface area contributed by atoms with E-state index >= 15 is 0 Å². The van der Waals surface area contributed by atoms with Crippen molar-refractivity contribution in [2.24, 2.45) is 0 Å². The number of benzene rings is 1. The normalized spacial score (nSPS) is 10.1. The molecule has 0 saturated heterocycles. The van der Waals surface area contributed by atoms with E-state index in [1.807, 2.05) is 0 Å². The van der Waals surface area contributed by atoms with Crippen LogP contribution in [0, 0.1) is 5.82 Å². The van der Waals surface area contributed by atoms with Crippen molar-refractivity contribution in [3.05, 3.63) is 48.2 Å². The van der Waals surface area contributed by atoms with Crippen molar-refractivity contribution in [2.45, 2.75) is 0 Å². The van der Waals surface area contributed by atoms with E-state index in [1.54, 1.807) is 18.2 Å². The average Bonchev–Trinajstić information content (AvgIpc) is 2.77. The molecule has 2 rings (SSSR count). The molecule has 1 aromatic carbocycles. The van der Waals surface area contributed by atoms with Crippen LogP contribution >= 0.6 is 0 Å². The first-order valence-electron chi connectivity index (χ1n) is 4.64. The highest BCUT2D eigenvalue weighted by molar-refractivity contribution is 5.94. The van der Waals surface area contributed by atoms with Gasteiger partial charge in [-0.05, 0) is 12.1 Å². The van der Waals surface area contributed by atoms with Crippen LogP contribution in [0.4, 0.5) is 4.39 Å². The summed E-state index contributed by atoms with van der Waals surface area (Å²) >= 11 is 0. The molecule has 16 heavy (non-hydrogen) atoms. The minimum atomic E-state index is -0.622. The number of hydrogen-bond donors (Lipinski definition) is 0. The number of furan rings is 1. The minimum Gasteiger partial charge on any atom is -0.463 e. The maximum atomic E-state index is 13.5. The molecule has 0 bridgehead atoms. The summed E-state index contributed by atoms with van der Waals surface area (Å²) in [5.74, 6) is -1.02. The Morgan fingerprint density at radius 3 is 2.69 bits per heavy atom. The van der Waals surface area contributed by atoms with Crippen LogP contribution in [-0.4, -0.2) is 13.1 Å². The van der Waals surface area contributed by atoms with Gasteiger partial charge >= 0.3 is 5.97 Å². The smallest absolute Gasteiger partial charge is 0.374 e. The molecule has 2 aromatic rings. The highest BCUT2D eigenvalue weighted by Gasteiger charge is 2.18. The Kier molecular flexibility index (Phi) is 2.72. The first-order chi connectivity index (χ1) is 7.74. The fraction of sp³-hybridized carbons (Fsp3) is 0.0833. The second kappa shape index (κ2) is 4.18. The molecule has 3 nitrogen and oxygen atoms in total. The molecule has 0 aliphatic rings. The van der Waals surface area contributed by atoms with E-state index in [2.05, 4.69) is 4.74 Å². The van der Waals surface area contributed by atoms with Crippen LogP contribution < -0.4 is 0 Å². The monoisotopic (exact) mass is 220 g/mol. The summed E-state index contributed by atoms with van der Waals surface area (Å²) in [6.07, 6.45) is 1.33. The van der Waals surface area contributed by atoms with Crippen LogP contribution in [0.5, 0.6) is 0 Å². The van der Waals surface area contributed by atoms with Gasteiger partial charge in [-0.1, -0.05) is 18.2 Å². The van der Waals surface area contributed by atoms with E-state index in [0.717, 1.165) is 0 Å². The standard InChI is InChI=1S/C12H9FO3/c1-15-12(14)11-9(6-7-16-11)8-4-2-3-5-10(8)13/h2-7H,1H3. The molecule has 0 N–H and O–H groups in total. The lowest BCUT2D eigenvalue weighted by atomic mass is 10.1. The third-order valence-electron chi connectivity index (χ3n) is 2.20.